The van der Waals surface area contributed by atoms with Gasteiger partial charge in [0.25, 0.3) is 0 Å². The van der Waals surface area contributed by atoms with Gasteiger partial charge in [-0.3, -0.25) is 4.79 Å². The molecule has 2 aromatic heterocycles. The standard InChI is InChI=1S/C14H10FN5OS/c1-9-14(13(21)7-4-11-8-22-19-16-11)17-18-20(9)12-5-2-10(15)3-6-12/h2-8H,1H3/b7-4+. The van der Waals surface area contributed by atoms with Crippen LogP contribution in [0.5, 0.6) is 0 Å². The van der Waals surface area contributed by atoms with Crippen molar-refractivity contribution in [2.75, 3.05) is 0 Å². The first-order chi connectivity index (χ1) is 10.6. The molecule has 0 aliphatic rings. The molecule has 0 atom stereocenters. The fourth-order valence-electron chi connectivity index (χ4n) is 1.87. The molecule has 0 aliphatic heterocycles. The summed E-state index contributed by atoms with van der Waals surface area (Å²) in [5, 5.41) is 13.4. The quantitative estimate of drug-likeness (QED) is 0.546. The molecule has 0 amide bonds. The second-order valence-corrected chi connectivity index (χ2v) is 5.05. The number of hydrogen-bond donors (Lipinski definition) is 0. The molecular formula is C14H10FN5OS. The number of nitrogens with zero attached hydrogens (tertiary/aromatic N) is 5. The Hall–Kier alpha value is -2.74. The number of ketones is 1. The largest absolute Gasteiger partial charge is 0.287 e. The average Bonchev–Trinajstić information content (AvgIpc) is 3.15. The van der Waals surface area contributed by atoms with E-state index in [1.165, 1.54) is 34.4 Å². The van der Waals surface area contributed by atoms with Gasteiger partial charge < -0.3 is 0 Å². The third-order valence-electron chi connectivity index (χ3n) is 2.98. The molecule has 0 fully saturated rings. The van der Waals surface area contributed by atoms with Gasteiger partial charge in [0.2, 0.25) is 5.78 Å². The molecular weight excluding hydrogens is 305 g/mol. The van der Waals surface area contributed by atoms with Gasteiger partial charge in [-0.25, -0.2) is 9.07 Å². The third kappa shape index (κ3) is 2.82. The number of hydrogen-bond acceptors (Lipinski definition) is 6. The van der Waals surface area contributed by atoms with Crippen molar-refractivity contribution in [1.82, 2.24) is 24.6 Å². The Labute approximate surface area is 129 Å². The highest BCUT2D eigenvalue weighted by atomic mass is 32.1. The molecule has 0 radical (unpaired) electrons. The first kappa shape index (κ1) is 14.2. The first-order valence-electron chi connectivity index (χ1n) is 6.33. The molecule has 0 saturated carbocycles. The van der Waals surface area contributed by atoms with Crippen molar-refractivity contribution in [2.45, 2.75) is 6.92 Å². The normalized spacial score (nSPS) is 11.2. The highest BCUT2D eigenvalue weighted by molar-refractivity contribution is 7.03. The van der Waals surface area contributed by atoms with Gasteiger partial charge in [0, 0.05) is 5.38 Å². The Bertz CT molecular complexity index is 824. The van der Waals surface area contributed by atoms with Crippen LogP contribution in [0.2, 0.25) is 0 Å². The van der Waals surface area contributed by atoms with Crippen molar-refractivity contribution < 1.29 is 9.18 Å². The van der Waals surface area contributed by atoms with Crippen LogP contribution in [0.15, 0.2) is 35.7 Å². The summed E-state index contributed by atoms with van der Waals surface area (Å²) in [5.41, 5.74) is 2.07. The maximum absolute atomic E-state index is 13.0. The van der Waals surface area contributed by atoms with Crippen LogP contribution in [0.4, 0.5) is 4.39 Å². The van der Waals surface area contributed by atoms with Gasteiger partial charge in [-0.05, 0) is 54.9 Å². The van der Waals surface area contributed by atoms with E-state index in [-0.39, 0.29) is 17.3 Å². The minimum absolute atomic E-state index is 0.240. The molecule has 22 heavy (non-hydrogen) atoms. The second-order valence-electron chi connectivity index (χ2n) is 4.44. The highest BCUT2D eigenvalue weighted by Gasteiger charge is 2.15. The summed E-state index contributed by atoms with van der Waals surface area (Å²) in [4.78, 5) is 12.2. The van der Waals surface area contributed by atoms with E-state index in [1.807, 2.05) is 0 Å². The Balaban J connectivity index is 1.87. The van der Waals surface area contributed by atoms with Gasteiger partial charge in [0.15, 0.2) is 5.69 Å². The Morgan fingerprint density at radius 3 is 2.73 bits per heavy atom. The van der Waals surface area contributed by atoms with Gasteiger partial charge in [-0.2, -0.15) is 0 Å². The molecule has 110 valence electrons. The summed E-state index contributed by atoms with van der Waals surface area (Å²) in [5.74, 6) is -0.614. The minimum Gasteiger partial charge on any atom is -0.287 e. The lowest BCUT2D eigenvalue weighted by atomic mass is 10.2. The van der Waals surface area contributed by atoms with Gasteiger partial charge in [-0.15, -0.1) is 10.2 Å². The van der Waals surface area contributed by atoms with Gasteiger partial charge in [0.1, 0.15) is 5.82 Å². The molecule has 3 aromatic rings. The van der Waals surface area contributed by atoms with Gasteiger partial charge >= 0.3 is 0 Å². The van der Waals surface area contributed by atoms with Crippen molar-refractivity contribution in [3.05, 3.63) is 58.6 Å². The van der Waals surface area contributed by atoms with Gasteiger partial charge in [-0.1, -0.05) is 9.70 Å². The number of halogens is 1. The number of carbonyl (C=O) groups is 1. The van der Waals surface area contributed by atoms with E-state index in [9.17, 15) is 9.18 Å². The SMILES string of the molecule is Cc1c(C(=O)/C=C/c2csnn2)nnn1-c1ccc(F)cc1. The van der Waals surface area contributed by atoms with E-state index in [0.29, 0.717) is 17.1 Å². The first-order valence-corrected chi connectivity index (χ1v) is 7.16. The average molecular weight is 315 g/mol. The van der Waals surface area contributed by atoms with Crippen molar-refractivity contribution in [3.8, 4) is 5.69 Å². The van der Waals surface area contributed by atoms with Crippen molar-refractivity contribution in [1.29, 1.82) is 0 Å². The zero-order chi connectivity index (χ0) is 15.5. The smallest absolute Gasteiger partial charge is 0.208 e. The summed E-state index contributed by atoms with van der Waals surface area (Å²) < 4.78 is 18.2. The Morgan fingerprint density at radius 1 is 1.27 bits per heavy atom. The molecule has 8 heteroatoms. The Kier molecular flexibility index (Phi) is 3.84. The van der Waals surface area contributed by atoms with Crippen LogP contribution < -0.4 is 0 Å². The van der Waals surface area contributed by atoms with Gasteiger partial charge in [0.05, 0.1) is 17.1 Å². The lowest BCUT2D eigenvalue weighted by Gasteiger charge is -2.02. The van der Waals surface area contributed by atoms with E-state index < -0.39 is 0 Å². The van der Waals surface area contributed by atoms with Crippen LogP contribution in [0.25, 0.3) is 11.8 Å². The molecule has 6 nitrogen and oxygen atoms in total. The molecule has 0 unspecified atom stereocenters. The summed E-state index contributed by atoms with van der Waals surface area (Å²) in [6.45, 7) is 1.73. The van der Waals surface area contributed by atoms with Crippen molar-refractivity contribution in [3.63, 3.8) is 0 Å². The fourth-order valence-corrected chi connectivity index (χ4v) is 2.29. The van der Waals surface area contributed by atoms with Crippen molar-refractivity contribution in [2.24, 2.45) is 0 Å². The molecule has 0 N–H and O–H groups in total. The maximum Gasteiger partial charge on any atom is 0.208 e. The summed E-state index contributed by atoms with van der Waals surface area (Å²) >= 11 is 1.21. The summed E-state index contributed by atoms with van der Waals surface area (Å²) in [7, 11) is 0. The van der Waals surface area contributed by atoms with Crippen LogP contribution in [0, 0.1) is 12.7 Å². The topological polar surface area (TPSA) is 73.6 Å². The molecule has 3 rings (SSSR count). The monoisotopic (exact) mass is 315 g/mol. The van der Waals surface area contributed by atoms with Crippen molar-refractivity contribution >= 4 is 23.4 Å². The molecule has 2 heterocycles. The number of aromatic nitrogens is 5. The zero-order valence-corrected chi connectivity index (χ0v) is 12.3. The number of benzene rings is 1. The van der Waals surface area contributed by atoms with E-state index in [2.05, 4.69) is 19.9 Å². The fraction of sp³-hybridized carbons (Fsp3) is 0.0714. The minimum atomic E-state index is -0.336. The van der Waals surface area contributed by atoms with Crippen LogP contribution in [0.3, 0.4) is 0 Å². The number of allylic oxidation sites excluding steroid dienone is 1. The maximum atomic E-state index is 13.0. The van der Waals surface area contributed by atoms with Crippen LogP contribution in [0.1, 0.15) is 21.9 Å². The lowest BCUT2D eigenvalue weighted by Crippen LogP contribution is -2.02. The molecule has 0 spiro atoms. The van der Waals surface area contributed by atoms with Crippen LogP contribution in [-0.4, -0.2) is 30.4 Å². The van der Waals surface area contributed by atoms with Crippen LogP contribution >= 0.6 is 11.5 Å². The van der Waals surface area contributed by atoms with E-state index >= 15 is 0 Å². The predicted molar refractivity (Wildman–Crippen MR) is 79.3 cm³/mol. The predicted octanol–water partition coefficient (Wildman–Crippen LogP) is 2.46. The molecule has 0 saturated heterocycles. The second kappa shape index (κ2) is 5.94. The Morgan fingerprint density at radius 2 is 2.05 bits per heavy atom. The van der Waals surface area contributed by atoms with Crippen LogP contribution in [-0.2, 0) is 0 Å². The lowest BCUT2D eigenvalue weighted by molar-refractivity contribution is 0.104. The van der Waals surface area contributed by atoms with E-state index in [1.54, 1.807) is 30.5 Å². The number of carbonyl (C=O) groups excluding carboxylic acids is 1. The summed E-state index contributed by atoms with van der Waals surface area (Å²) in [6, 6.07) is 5.80. The van der Waals surface area contributed by atoms with E-state index in [0.717, 1.165) is 0 Å². The third-order valence-corrected chi connectivity index (χ3v) is 3.50. The van der Waals surface area contributed by atoms with E-state index in [4.69, 9.17) is 0 Å². The molecule has 0 bridgehead atoms. The molecule has 1 aromatic carbocycles. The molecule has 0 aliphatic carbocycles. The number of rotatable bonds is 4. The highest BCUT2D eigenvalue weighted by Crippen LogP contribution is 2.14. The zero-order valence-electron chi connectivity index (χ0n) is 11.5. The summed E-state index contributed by atoms with van der Waals surface area (Å²) in [6.07, 6.45) is 2.95.